The molecule has 5 rings (SSSR count). The summed E-state index contributed by atoms with van der Waals surface area (Å²) >= 11 is 6.49. The molecule has 1 fully saturated rings. The molecule has 7 nitrogen and oxygen atoms in total. The third kappa shape index (κ3) is 4.49. The zero-order valence-electron chi connectivity index (χ0n) is 18.9. The SMILES string of the molecule is Cn1ccn(-c2ccc(-c3cc(F)cc(-c4ccnc(N5CCS(=N)CC5)c4)c3O)cc2Cl)c1=O. The van der Waals surface area contributed by atoms with Gasteiger partial charge in [0.05, 0.1) is 10.7 Å². The maximum absolute atomic E-state index is 14.7. The lowest BCUT2D eigenvalue weighted by atomic mass is 9.97. The molecular formula is C25H23ClFN5O2S. The van der Waals surface area contributed by atoms with Gasteiger partial charge in [0, 0.05) is 61.4 Å². The van der Waals surface area contributed by atoms with Gasteiger partial charge in [0.15, 0.2) is 0 Å². The molecule has 0 aliphatic carbocycles. The number of phenolic OH excluding ortho intramolecular Hbond substituents is 1. The number of rotatable bonds is 4. The molecule has 0 saturated carbocycles. The average molecular weight is 512 g/mol. The number of aryl methyl sites for hydroxylation is 1. The first-order valence-electron chi connectivity index (χ1n) is 11.0. The van der Waals surface area contributed by atoms with Gasteiger partial charge in [-0.15, -0.1) is 10.7 Å². The lowest BCUT2D eigenvalue weighted by molar-refractivity contribution is 0.477. The second kappa shape index (κ2) is 9.31. The number of aromatic hydroxyl groups is 1. The number of aromatic nitrogens is 3. The van der Waals surface area contributed by atoms with Gasteiger partial charge in [-0.2, -0.15) is 0 Å². The summed E-state index contributed by atoms with van der Waals surface area (Å²) in [4.78, 5) is 18.9. The highest BCUT2D eigenvalue weighted by molar-refractivity contribution is 7.86. The minimum atomic E-state index is -0.498. The molecule has 3 heterocycles. The van der Waals surface area contributed by atoms with E-state index >= 15 is 0 Å². The van der Waals surface area contributed by atoms with Crippen LogP contribution in [0.4, 0.5) is 10.2 Å². The van der Waals surface area contributed by atoms with Crippen LogP contribution in [0.3, 0.4) is 0 Å². The van der Waals surface area contributed by atoms with Crippen LogP contribution in [0.2, 0.25) is 5.02 Å². The zero-order chi connectivity index (χ0) is 24.7. The highest BCUT2D eigenvalue weighted by atomic mass is 35.5. The molecule has 4 aromatic rings. The van der Waals surface area contributed by atoms with Crippen molar-refractivity contribution in [3.63, 3.8) is 0 Å². The third-order valence-electron chi connectivity index (χ3n) is 6.14. The largest absolute Gasteiger partial charge is 0.507 e. The highest BCUT2D eigenvalue weighted by Crippen LogP contribution is 2.40. The molecule has 35 heavy (non-hydrogen) atoms. The van der Waals surface area contributed by atoms with Crippen LogP contribution in [0, 0.1) is 10.6 Å². The fraction of sp³-hybridized carbons (Fsp3) is 0.200. The molecule has 0 atom stereocenters. The van der Waals surface area contributed by atoms with Gasteiger partial charge in [0.1, 0.15) is 17.4 Å². The summed E-state index contributed by atoms with van der Waals surface area (Å²) in [5.74, 6) is 1.77. The number of nitrogens with zero attached hydrogens (tertiary/aromatic N) is 4. The van der Waals surface area contributed by atoms with E-state index in [1.165, 1.54) is 21.3 Å². The van der Waals surface area contributed by atoms with Crippen LogP contribution in [-0.4, -0.2) is 43.8 Å². The number of pyridine rings is 1. The Bertz CT molecular complexity index is 1510. The molecule has 0 radical (unpaired) electrons. The van der Waals surface area contributed by atoms with Gasteiger partial charge in [0.25, 0.3) is 0 Å². The fourth-order valence-electron chi connectivity index (χ4n) is 4.20. The van der Waals surface area contributed by atoms with Crippen LogP contribution in [0.15, 0.2) is 65.8 Å². The van der Waals surface area contributed by atoms with Crippen LogP contribution in [0.1, 0.15) is 0 Å². The van der Waals surface area contributed by atoms with Crippen molar-refractivity contribution in [1.29, 1.82) is 4.78 Å². The highest BCUT2D eigenvalue weighted by Gasteiger charge is 2.19. The molecule has 180 valence electrons. The number of imidazole rings is 1. The van der Waals surface area contributed by atoms with E-state index in [-0.39, 0.29) is 22.1 Å². The number of anilines is 1. The molecule has 2 aromatic carbocycles. The Balaban J connectivity index is 1.53. The summed E-state index contributed by atoms with van der Waals surface area (Å²) < 4.78 is 25.5. The minimum absolute atomic E-state index is 0.0735. The molecular weight excluding hydrogens is 489 g/mol. The molecule has 2 aromatic heterocycles. The maximum Gasteiger partial charge on any atom is 0.332 e. The van der Waals surface area contributed by atoms with Gasteiger partial charge in [-0.05, 0) is 47.5 Å². The van der Waals surface area contributed by atoms with E-state index in [9.17, 15) is 14.3 Å². The van der Waals surface area contributed by atoms with Gasteiger partial charge in [-0.3, -0.25) is 9.35 Å². The van der Waals surface area contributed by atoms with E-state index in [2.05, 4.69) is 9.88 Å². The summed E-state index contributed by atoms with van der Waals surface area (Å²) in [6, 6.07) is 11.1. The van der Waals surface area contributed by atoms with Crippen LogP contribution >= 0.6 is 11.6 Å². The number of halogens is 2. The van der Waals surface area contributed by atoms with E-state index in [0.717, 1.165) is 30.4 Å². The van der Waals surface area contributed by atoms with Crippen molar-refractivity contribution in [2.45, 2.75) is 0 Å². The van der Waals surface area contributed by atoms with Crippen molar-refractivity contribution in [2.75, 3.05) is 29.5 Å². The van der Waals surface area contributed by atoms with Crippen molar-refractivity contribution in [3.05, 3.63) is 82.4 Å². The predicted octanol–water partition coefficient (Wildman–Crippen LogP) is 4.60. The molecule has 1 saturated heterocycles. The number of hydrogen-bond donors (Lipinski definition) is 2. The van der Waals surface area contributed by atoms with E-state index in [0.29, 0.717) is 33.0 Å². The summed E-state index contributed by atoms with van der Waals surface area (Å²) in [7, 11) is 1.34. The Morgan fingerprint density at radius 1 is 1.06 bits per heavy atom. The standard InChI is InChI=1S/C25H23ClFN5O2S/c1-30-6-7-32(25(30)34)22-3-2-16(12-21(22)26)19-14-18(27)15-20(24(19)33)17-4-5-29-23(13-17)31-8-10-35(28)11-9-31/h2-7,12-15,28,33H,8-11H2,1H3. The molecule has 2 N–H and O–H groups in total. The zero-order valence-corrected chi connectivity index (χ0v) is 20.5. The number of hydrogen-bond acceptors (Lipinski definition) is 5. The smallest absolute Gasteiger partial charge is 0.332 e. The molecule has 0 unspecified atom stereocenters. The first-order chi connectivity index (χ1) is 16.8. The fourth-order valence-corrected chi connectivity index (χ4v) is 5.56. The molecule has 0 bridgehead atoms. The summed E-state index contributed by atoms with van der Waals surface area (Å²) in [5, 5.41) is 11.5. The lowest BCUT2D eigenvalue weighted by Crippen LogP contribution is -2.37. The normalized spacial score (nSPS) is 14.4. The van der Waals surface area contributed by atoms with Gasteiger partial charge in [-0.1, -0.05) is 17.7 Å². The maximum atomic E-state index is 14.7. The van der Waals surface area contributed by atoms with E-state index in [4.69, 9.17) is 16.4 Å². The number of phenols is 1. The van der Waals surface area contributed by atoms with Crippen LogP contribution in [-0.2, 0) is 17.7 Å². The van der Waals surface area contributed by atoms with Crippen molar-refractivity contribution in [2.24, 2.45) is 7.05 Å². The first kappa shape index (κ1) is 23.3. The Kier molecular flexibility index (Phi) is 6.21. The molecule has 1 aliphatic rings. The second-order valence-electron chi connectivity index (χ2n) is 8.37. The van der Waals surface area contributed by atoms with Gasteiger partial charge >= 0.3 is 5.69 Å². The predicted molar refractivity (Wildman–Crippen MR) is 138 cm³/mol. The van der Waals surface area contributed by atoms with Crippen molar-refractivity contribution >= 4 is 28.1 Å². The van der Waals surface area contributed by atoms with Gasteiger partial charge < -0.3 is 14.6 Å². The Morgan fingerprint density at radius 2 is 1.74 bits per heavy atom. The number of benzene rings is 2. The quantitative estimate of drug-likeness (QED) is 0.419. The molecule has 0 amide bonds. The molecule has 1 aliphatic heterocycles. The Labute approximate surface area is 208 Å². The van der Waals surface area contributed by atoms with Crippen molar-refractivity contribution in [1.82, 2.24) is 14.1 Å². The Morgan fingerprint density at radius 3 is 2.37 bits per heavy atom. The summed E-state index contributed by atoms with van der Waals surface area (Å²) in [5.41, 5.74) is 2.06. The number of nitrogens with one attached hydrogen (secondary N) is 1. The van der Waals surface area contributed by atoms with Crippen LogP contribution in [0.25, 0.3) is 27.9 Å². The minimum Gasteiger partial charge on any atom is -0.507 e. The van der Waals surface area contributed by atoms with E-state index < -0.39 is 5.82 Å². The van der Waals surface area contributed by atoms with Gasteiger partial charge in [-0.25, -0.2) is 14.2 Å². The van der Waals surface area contributed by atoms with Crippen LogP contribution < -0.4 is 10.6 Å². The van der Waals surface area contributed by atoms with Gasteiger partial charge in [0.2, 0.25) is 0 Å². The topological polar surface area (TPSA) is 87.1 Å². The first-order valence-corrected chi connectivity index (χ1v) is 12.9. The van der Waals surface area contributed by atoms with Crippen molar-refractivity contribution in [3.8, 4) is 33.7 Å². The molecule has 10 heteroatoms. The third-order valence-corrected chi connectivity index (χ3v) is 7.79. The lowest BCUT2D eigenvalue weighted by Gasteiger charge is -2.28. The second-order valence-corrected chi connectivity index (χ2v) is 10.6. The summed E-state index contributed by atoms with van der Waals surface area (Å²) in [6.45, 7) is 1.50. The monoisotopic (exact) mass is 511 g/mol. The van der Waals surface area contributed by atoms with E-state index in [1.54, 1.807) is 49.9 Å². The molecule has 0 spiro atoms. The summed E-state index contributed by atoms with van der Waals surface area (Å²) in [6.07, 6.45) is 4.90. The van der Waals surface area contributed by atoms with Crippen LogP contribution in [0.5, 0.6) is 5.75 Å². The van der Waals surface area contributed by atoms with E-state index in [1.807, 2.05) is 6.07 Å². The Hall–Kier alpha value is -3.43. The average Bonchev–Trinajstić information content (AvgIpc) is 3.18. The van der Waals surface area contributed by atoms with Crippen molar-refractivity contribution < 1.29 is 9.50 Å².